The second kappa shape index (κ2) is 7.56. The lowest BCUT2D eigenvalue weighted by molar-refractivity contribution is 0.586. The fourth-order valence-corrected chi connectivity index (χ4v) is 5.27. The average molecular weight is 437 g/mol. The number of hydrogen-bond acceptors (Lipinski definition) is 8. The van der Waals surface area contributed by atoms with Gasteiger partial charge in [0.25, 0.3) is 0 Å². The van der Waals surface area contributed by atoms with Crippen LogP contribution < -0.4 is 10.2 Å². The number of nitrogens with zero attached hydrogens (tertiary/aromatic N) is 5. The molecule has 31 heavy (non-hydrogen) atoms. The summed E-state index contributed by atoms with van der Waals surface area (Å²) < 4.78 is 23.3. The highest BCUT2D eigenvalue weighted by atomic mass is 32.2. The van der Waals surface area contributed by atoms with Crippen LogP contribution >= 0.6 is 0 Å². The molecule has 8 nitrogen and oxygen atoms in total. The van der Waals surface area contributed by atoms with Crippen molar-refractivity contribution in [1.82, 2.24) is 15.0 Å². The summed E-state index contributed by atoms with van der Waals surface area (Å²) in [6.07, 6.45) is 3.58. The second-order valence-corrected chi connectivity index (χ2v) is 10.6. The number of nitrogens with one attached hydrogen (secondary N) is 1. The minimum Gasteiger partial charge on any atom is -0.368 e. The number of fused-ring (bicyclic) bond motifs is 3. The van der Waals surface area contributed by atoms with Gasteiger partial charge in [-0.25, -0.2) is 23.4 Å². The average Bonchev–Trinajstić information content (AvgIpc) is 3.20. The number of benzene rings is 1. The van der Waals surface area contributed by atoms with Crippen LogP contribution in [0.2, 0.25) is 0 Å². The molecule has 1 aromatic carbocycles. The number of aromatic nitrogens is 3. The van der Waals surface area contributed by atoms with Gasteiger partial charge in [-0.15, -0.1) is 0 Å². The van der Waals surface area contributed by atoms with Gasteiger partial charge in [-0.05, 0) is 23.6 Å². The maximum Gasteiger partial charge on any atom is 0.228 e. The van der Waals surface area contributed by atoms with Crippen LogP contribution in [0.25, 0.3) is 10.9 Å². The van der Waals surface area contributed by atoms with E-state index in [9.17, 15) is 8.42 Å². The maximum absolute atomic E-state index is 11.6. The quantitative estimate of drug-likeness (QED) is 0.671. The number of aliphatic imine (C=N–C) groups is 1. The third-order valence-electron chi connectivity index (χ3n) is 5.76. The molecule has 0 spiro atoms. The zero-order valence-electron chi connectivity index (χ0n) is 17.5. The summed E-state index contributed by atoms with van der Waals surface area (Å²) in [5.41, 5.74) is 5.24. The van der Waals surface area contributed by atoms with Crippen LogP contribution in [-0.4, -0.2) is 53.7 Å². The van der Waals surface area contributed by atoms with E-state index in [2.05, 4.69) is 35.2 Å². The predicted molar refractivity (Wildman–Crippen MR) is 123 cm³/mol. The van der Waals surface area contributed by atoms with Crippen LogP contribution in [0, 0.1) is 5.92 Å². The Kier molecular flexibility index (Phi) is 4.85. The summed E-state index contributed by atoms with van der Waals surface area (Å²) in [4.78, 5) is 20.5. The van der Waals surface area contributed by atoms with Crippen LogP contribution in [0.15, 0.2) is 41.7 Å². The summed E-state index contributed by atoms with van der Waals surface area (Å²) >= 11 is 0. The highest BCUT2D eigenvalue weighted by Crippen LogP contribution is 2.30. The fourth-order valence-electron chi connectivity index (χ4n) is 4.07. The van der Waals surface area contributed by atoms with Gasteiger partial charge in [-0.3, -0.25) is 4.99 Å². The molecule has 3 aromatic rings. The molecule has 0 saturated carbocycles. The van der Waals surface area contributed by atoms with Crippen molar-refractivity contribution in [3.8, 4) is 0 Å². The predicted octanol–water partition coefficient (Wildman–Crippen LogP) is 2.96. The van der Waals surface area contributed by atoms with Gasteiger partial charge in [0.2, 0.25) is 5.95 Å². The van der Waals surface area contributed by atoms with Gasteiger partial charge in [0.05, 0.1) is 35.5 Å². The van der Waals surface area contributed by atoms with Gasteiger partial charge in [-0.1, -0.05) is 26.0 Å². The smallest absolute Gasteiger partial charge is 0.228 e. The Balaban J connectivity index is 1.39. The molecule has 1 fully saturated rings. The lowest BCUT2D eigenvalue weighted by Gasteiger charge is -2.28. The minimum absolute atomic E-state index is 0.184. The molecule has 5 rings (SSSR count). The molecule has 4 heterocycles. The first-order valence-electron chi connectivity index (χ1n) is 10.4. The number of anilines is 3. The molecule has 0 aliphatic carbocycles. The van der Waals surface area contributed by atoms with E-state index in [4.69, 9.17) is 9.98 Å². The highest BCUT2D eigenvalue weighted by Gasteiger charge is 2.23. The molecule has 2 aromatic heterocycles. The van der Waals surface area contributed by atoms with Crippen LogP contribution in [-0.2, 0) is 16.4 Å². The zero-order chi connectivity index (χ0) is 21.6. The van der Waals surface area contributed by atoms with Crippen molar-refractivity contribution >= 4 is 43.9 Å². The summed E-state index contributed by atoms with van der Waals surface area (Å²) in [7, 11) is -2.90. The third kappa shape index (κ3) is 3.85. The molecule has 0 atom stereocenters. The lowest BCUT2D eigenvalue weighted by atomic mass is 9.96. The Bertz CT molecular complexity index is 1270. The Morgan fingerprint density at radius 3 is 2.55 bits per heavy atom. The van der Waals surface area contributed by atoms with Crippen LogP contribution in [0.1, 0.15) is 25.0 Å². The van der Waals surface area contributed by atoms with Gasteiger partial charge in [0, 0.05) is 35.9 Å². The van der Waals surface area contributed by atoms with Crippen molar-refractivity contribution in [3.05, 3.63) is 47.8 Å². The Morgan fingerprint density at radius 2 is 1.84 bits per heavy atom. The molecule has 0 unspecified atom stereocenters. The standard InChI is InChI=1S/C22H24N6O2S/c1-14(2)20-19-15(11-24-20)3-4-16-12-25-22(27-21(16)19)26-18-6-5-17(13-23-18)28-7-9-31(29,30)10-8-28/h3-6,12-14H,7-11H2,1-2H3,(H,23,25,26,27). The Hall–Kier alpha value is -3.07. The van der Waals surface area contributed by atoms with Crippen LogP contribution in [0.3, 0.4) is 0 Å². The third-order valence-corrected chi connectivity index (χ3v) is 7.37. The zero-order valence-corrected chi connectivity index (χ0v) is 18.4. The second-order valence-electron chi connectivity index (χ2n) is 8.25. The van der Waals surface area contributed by atoms with E-state index in [-0.39, 0.29) is 11.5 Å². The van der Waals surface area contributed by atoms with Gasteiger partial charge in [0.15, 0.2) is 9.84 Å². The van der Waals surface area contributed by atoms with Gasteiger partial charge in [-0.2, -0.15) is 0 Å². The van der Waals surface area contributed by atoms with Crippen molar-refractivity contribution in [2.75, 3.05) is 34.8 Å². The molecule has 0 amide bonds. The molecular formula is C22H24N6O2S. The molecule has 2 aliphatic rings. The number of sulfone groups is 1. The van der Waals surface area contributed by atoms with E-state index in [1.54, 1.807) is 6.20 Å². The highest BCUT2D eigenvalue weighted by molar-refractivity contribution is 7.91. The maximum atomic E-state index is 11.6. The van der Waals surface area contributed by atoms with E-state index < -0.39 is 9.84 Å². The van der Waals surface area contributed by atoms with Gasteiger partial charge >= 0.3 is 0 Å². The van der Waals surface area contributed by atoms with Crippen molar-refractivity contribution in [2.45, 2.75) is 20.4 Å². The summed E-state index contributed by atoms with van der Waals surface area (Å²) in [5.74, 6) is 1.82. The summed E-state index contributed by atoms with van der Waals surface area (Å²) in [6, 6.07) is 7.96. The first kappa shape index (κ1) is 19.9. The van der Waals surface area contributed by atoms with E-state index in [0.29, 0.717) is 37.3 Å². The van der Waals surface area contributed by atoms with E-state index in [1.165, 1.54) is 5.56 Å². The largest absolute Gasteiger partial charge is 0.368 e. The molecule has 0 radical (unpaired) electrons. The number of rotatable bonds is 4. The number of pyridine rings is 1. The Morgan fingerprint density at radius 1 is 1.03 bits per heavy atom. The van der Waals surface area contributed by atoms with Crippen molar-refractivity contribution in [2.24, 2.45) is 10.9 Å². The van der Waals surface area contributed by atoms with Crippen molar-refractivity contribution in [3.63, 3.8) is 0 Å². The van der Waals surface area contributed by atoms with Crippen LogP contribution in [0.4, 0.5) is 17.5 Å². The minimum atomic E-state index is -2.90. The molecule has 9 heteroatoms. The fraction of sp³-hybridized carbons (Fsp3) is 0.364. The van der Waals surface area contributed by atoms with Gasteiger partial charge in [0.1, 0.15) is 5.82 Å². The lowest BCUT2D eigenvalue weighted by Crippen LogP contribution is -2.40. The van der Waals surface area contributed by atoms with E-state index >= 15 is 0 Å². The first-order chi connectivity index (χ1) is 14.9. The van der Waals surface area contributed by atoms with Gasteiger partial charge < -0.3 is 10.2 Å². The molecular weight excluding hydrogens is 412 g/mol. The van der Waals surface area contributed by atoms with Crippen LogP contribution in [0.5, 0.6) is 0 Å². The summed E-state index contributed by atoms with van der Waals surface area (Å²) in [5, 5.41) is 4.18. The van der Waals surface area contributed by atoms with E-state index in [1.807, 2.05) is 29.3 Å². The normalized spacial score (nSPS) is 17.6. The first-order valence-corrected chi connectivity index (χ1v) is 12.2. The monoisotopic (exact) mass is 436 g/mol. The SMILES string of the molecule is CC(C)C1=NCc2ccc3cnc(Nc4ccc(N5CCS(=O)(=O)CC5)cn4)nc3c21. The molecule has 1 saturated heterocycles. The van der Waals surface area contributed by atoms with Crippen molar-refractivity contribution < 1.29 is 8.42 Å². The van der Waals surface area contributed by atoms with Crippen molar-refractivity contribution in [1.29, 1.82) is 0 Å². The molecule has 2 aliphatic heterocycles. The number of hydrogen-bond donors (Lipinski definition) is 1. The molecule has 1 N–H and O–H groups in total. The summed E-state index contributed by atoms with van der Waals surface area (Å²) in [6.45, 7) is 5.99. The molecule has 0 bridgehead atoms. The van der Waals surface area contributed by atoms with E-state index in [0.717, 1.165) is 27.9 Å². The Labute approximate surface area is 181 Å². The topological polar surface area (TPSA) is 100 Å². The molecule has 160 valence electrons.